The summed E-state index contributed by atoms with van der Waals surface area (Å²) in [4.78, 5) is 24.1. The lowest BCUT2D eigenvalue weighted by Crippen LogP contribution is -2.41. The van der Waals surface area contributed by atoms with E-state index in [1.807, 2.05) is 36.4 Å². The summed E-state index contributed by atoms with van der Waals surface area (Å²) in [6, 6.07) is 16.2. The maximum Gasteiger partial charge on any atom is 0.287 e. The number of aromatic amines is 1. The SMILES string of the molecule is COc1ccc(-c2cc(C(=O)NNC(=O)CCc3ccc(Cl)cc3)[nH]n2)cc1. The number of hydrogen-bond donors (Lipinski definition) is 3. The smallest absolute Gasteiger partial charge is 0.287 e. The van der Waals surface area contributed by atoms with Crippen LogP contribution in [0.1, 0.15) is 22.5 Å². The molecule has 0 aliphatic rings. The Balaban J connectivity index is 1.49. The van der Waals surface area contributed by atoms with Gasteiger partial charge in [-0.2, -0.15) is 5.10 Å². The van der Waals surface area contributed by atoms with Crippen LogP contribution in [0, 0.1) is 0 Å². The Kier molecular flexibility index (Phi) is 6.29. The lowest BCUT2D eigenvalue weighted by molar-refractivity contribution is -0.121. The van der Waals surface area contributed by atoms with Crippen LogP contribution in [0.25, 0.3) is 11.3 Å². The van der Waals surface area contributed by atoms with Crippen LogP contribution in [0.3, 0.4) is 0 Å². The summed E-state index contributed by atoms with van der Waals surface area (Å²) in [6.45, 7) is 0. The molecule has 0 saturated heterocycles. The molecule has 0 unspecified atom stereocenters. The first-order chi connectivity index (χ1) is 13.5. The fourth-order valence-corrected chi connectivity index (χ4v) is 2.64. The van der Waals surface area contributed by atoms with Crippen molar-refractivity contribution in [2.24, 2.45) is 0 Å². The molecular weight excluding hydrogens is 380 g/mol. The third kappa shape index (κ3) is 5.11. The third-order valence-electron chi connectivity index (χ3n) is 4.08. The Morgan fingerprint density at radius 1 is 1.07 bits per heavy atom. The summed E-state index contributed by atoms with van der Waals surface area (Å²) >= 11 is 5.83. The largest absolute Gasteiger partial charge is 0.497 e. The van der Waals surface area contributed by atoms with E-state index >= 15 is 0 Å². The predicted molar refractivity (Wildman–Crippen MR) is 106 cm³/mol. The van der Waals surface area contributed by atoms with Crippen LogP contribution in [0.2, 0.25) is 5.02 Å². The van der Waals surface area contributed by atoms with Gasteiger partial charge in [-0.15, -0.1) is 0 Å². The molecule has 7 nitrogen and oxygen atoms in total. The van der Waals surface area contributed by atoms with Crippen molar-refractivity contribution >= 4 is 23.4 Å². The molecule has 0 radical (unpaired) electrons. The summed E-state index contributed by atoms with van der Waals surface area (Å²) in [5.41, 5.74) is 7.45. The number of nitrogens with one attached hydrogen (secondary N) is 3. The highest BCUT2D eigenvalue weighted by Crippen LogP contribution is 2.21. The van der Waals surface area contributed by atoms with E-state index in [2.05, 4.69) is 21.0 Å². The van der Waals surface area contributed by atoms with Crippen molar-refractivity contribution < 1.29 is 14.3 Å². The molecular formula is C20H19ClN4O3. The first-order valence-corrected chi connectivity index (χ1v) is 8.96. The normalized spacial score (nSPS) is 10.4. The Morgan fingerprint density at radius 2 is 1.79 bits per heavy atom. The zero-order valence-corrected chi connectivity index (χ0v) is 15.9. The molecule has 3 rings (SSSR count). The fraction of sp³-hybridized carbons (Fsp3) is 0.150. The molecule has 2 aromatic carbocycles. The van der Waals surface area contributed by atoms with Gasteiger partial charge in [0.15, 0.2) is 0 Å². The maximum atomic E-state index is 12.2. The average Bonchev–Trinajstić information content (AvgIpc) is 3.22. The van der Waals surface area contributed by atoms with E-state index in [1.54, 1.807) is 25.3 Å². The molecule has 0 aliphatic heterocycles. The van der Waals surface area contributed by atoms with E-state index in [1.165, 1.54) is 0 Å². The number of aromatic nitrogens is 2. The van der Waals surface area contributed by atoms with Crippen LogP contribution in [0.5, 0.6) is 5.75 Å². The van der Waals surface area contributed by atoms with Crippen molar-refractivity contribution in [3.05, 3.63) is 70.9 Å². The van der Waals surface area contributed by atoms with Crippen LogP contribution >= 0.6 is 11.6 Å². The lowest BCUT2D eigenvalue weighted by Gasteiger charge is -2.06. The second-order valence-electron chi connectivity index (χ2n) is 6.02. The second-order valence-corrected chi connectivity index (χ2v) is 6.46. The minimum Gasteiger partial charge on any atom is -0.497 e. The molecule has 0 atom stereocenters. The van der Waals surface area contributed by atoms with Gasteiger partial charge in [0.1, 0.15) is 11.4 Å². The van der Waals surface area contributed by atoms with Gasteiger partial charge in [0, 0.05) is 17.0 Å². The monoisotopic (exact) mass is 398 g/mol. The highest BCUT2D eigenvalue weighted by Gasteiger charge is 2.12. The van der Waals surface area contributed by atoms with Crippen molar-refractivity contribution in [2.45, 2.75) is 12.8 Å². The molecule has 3 aromatic rings. The topological polar surface area (TPSA) is 96.1 Å². The second kappa shape index (κ2) is 9.05. The van der Waals surface area contributed by atoms with Crippen LogP contribution in [-0.2, 0) is 11.2 Å². The molecule has 0 aliphatic carbocycles. The number of carbonyl (C=O) groups excluding carboxylic acids is 2. The first-order valence-electron chi connectivity index (χ1n) is 8.58. The first kappa shape index (κ1) is 19.4. The summed E-state index contributed by atoms with van der Waals surface area (Å²) in [7, 11) is 1.59. The molecule has 0 bridgehead atoms. The number of benzene rings is 2. The molecule has 144 valence electrons. The van der Waals surface area contributed by atoms with Crippen LogP contribution in [0.15, 0.2) is 54.6 Å². The van der Waals surface area contributed by atoms with Gasteiger partial charge in [0.25, 0.3) is 5.91 Å². The summed E-state index contributed by atoms with van der Waals surface area (Å²) in [5, 5.41) is 7.43. The molecule has 3 N–H and O–H groups in total. The number of H-pyrrole nitrogens is 1. The van der Waals surface area contributed by atoms with Gasteiger partial charge in [0.05, 0.1) is 12.8 Å². The number of hydrogen-bond acceptors (Lipinski definition) is 4. The van der Waals surface area contributed by atoms with E-state index in [0.717, 1.165) is 16.9 Å². The van der Waals surface area contributed by atoms with Crippen molar-refractivity contribution in [1.82, 2.24) is 21.0 Å². The van der Waals surface area contributed by atoms with Gasteiger partial charge in [-0.25, -0.2) is 0 Å². The average molecular weight is 399 g/mol. The molecule has 0 spiro atoms. The van der Waals surface area contributed by atoms with Gasteiger partial charge in [-0.05, 0) is 54.4 Å². The third-order valence-corrected chi connectivity index (χ3v) is 4.33. The summed E-state index contributed by atoms with van der Waals surface area (Å²) in [6.07, 6.45) is 0.784. The van der Waals surface area contributed by atoms with E-state index < -0.39 is 5.91 Å². The fourth-order valence-electron chi connectivity index (χ4n) is 2.51. The Bertz CT molecular complexity index is 952. The quantitative estimate of drug-likeness (QED) is 0.556. The Labute approximate surface area is 167 Å². The molecule has 2 amide bonds. The molecule has 28 heavy (non-hydrogen) atoms. The minimum atomic E-state index is -0.480. The van der Waals surface area contributed by atoms with Crippen LogP contribution in [-0.4, -0.2) is 29.1 Å². The summed E-state index contributed by atoms with van der Waals surface area (Å²) in [5.74, 6) is -0.0381. The van der Waals surface area contributed by atoms with Crippen molar-refractivity contribution in [3.8, 4) is 17.0 Å². The van der Waals surface area contributed by atoms with Crippen molar-refractivity contribution in [1.29, 1.82) is 0 Å². The molecule has 1 aromatic heterocycles. The van der Waals surface area contributed by atoms with Gasteiger partial charge >= 0.3 is 0 Å². The van der Waals surface area contributed by atoms with Gasteiger partial charge in [-0.1, -0.05) is 23.7 Å². The van der Waals surface area contributed by atoms with Gasteiger partial charge in [-0.3, -0.25) is 25.5 Å². The van der Waals surface area contributed by atoms with E-state index in [9.17, 15) is 9.59 Å². The van der Waals surface area contributed by atoms with Crippen molar-refractivity contribution in [3.63, 3.8) is 0 Å². The number of hydrazine groups is 1. The number of amides is 2. The van der Waals surface area contributed by atoms with Gasteiger partial charge in [0.2, 0.25) is 5.91 Å². The van der Waals surface area contributed by atoms with Crippen molar-refractivity contribution in [2.75, 3.05) is 7.11 Å². The van der Waals surface area contributed by atoms with Crippen LogP contribution < -0.4 is 15.6 Å². The molecule has 8 heteroatoms. The highest BCUT2D eigenvalue weighted by molar-refractivity contribution is 6.30. The maximum absolute atomic E-state index is 12.2. The summed E-state index contributed by atoms with van der Waals surface area (Å²) < 4.78 is 5.12. The number of aryl methyl sites for hydroxylation is 1. The highest BCUT2D eigenvalue weighted by atomic mass is 35.5. The number of methoxy groups -OCH3 is 1. The van der Waals surface area contributed by atoms with Gasteiger partial charge < -0.3 is 4.74 Å². The number of ether oxygens (including phenoxy) is 1. The van der Waals surface area contributed by atoms with E-state index in [4.69, 9.17) is 16.3 Å². The number of nitrogens with zero attached hydrogens (tertiary/aromatic N) is 1. The Hall–Kier alpha value is -3.32. The zero-order chi connectivity index (χ0) is 19.9. The molecule has 0 fully saturated rings. The van der Waals surface area contributed by atoms with E-state index in [-0.39, 0.29) is 18.0 Å². The Morgan fingerprint density at radius 3 is 2.46 bits per heavy atom. The minimum absolute atomic E-state index is 0.238. The zero-order valence-electron chi connectivity index (χ0n) is 15.2. The number of carbonyl (C=O) groups is 2. The standard InChI is InChI=1S/C20H19ClN4O3/c1-28-16-9-5-14(6-10-16)17-12-18(23-22-17)20(27)25-24-19(26)11-4-13-2-7-15(21)8-3-13/h2-3,5-10,12H,4,11H2,1H3,(H,22,23)(H,24,26)(H,25,27). The van der Waals surface area contributed by atoms with E-state index in [0.29, 0.717) is 17.1 Å². The predicted octanol–water partition coefficient (Wildman–Crippen LogP) is 3.13. The number of rotatable bonds is 6. The number of halogens is 1. The lowest BCUT2D eigenvalue weighted by atomic mass is 10.1. The molecule has 0 saturated carbocycles. The molecule has 1 heterocycles. The van der Waals surface area contributed by atoms with Crippen LogP contribution in [0.4, 0.5) is 0 Å².